The Balaban J connectivity index is 2.64. The summed E-state index contributed by atoms with van der Waals surface area (Å²) in [5.74, 6) is 0. The molecule has 1 heterocycles. The Bertz CT molecular complexity index is 496. The van der Waals surface area contributed by atoms with Gasteiger partial charge in [0.1, 0.15) is 5.69 Å². The molecule has 0 aliphatic carbocycles. The molecule has 0 saturated carbocycles. The standard InChI is InChI=1S/C10H11N3O/c1-13-10(14)8(11)9(12-13)7-5-3-2-4-6-7/h2-6,12H,11H2,1H3. The molecule has 0 atom stereocenters. The monoisotopic (exact) mass is 189 g/mol. The minimum Gasteiger partial charge on any atom is -0.392 e. The topological polar surface area (TPSA) is 63.8 Å². The first-order chi connectivity index (χ1) is 6.70. The van der Waals surface area contributed by atoms with Gasteiger partial charge in [-0.1, -0.05) is 30.3 Å². The van der Waals surface area contributed by atoms with Gasteiger partial charge in [-0.3, -0.25) is 14.6 Å². The third-order valence-corrected chi connectivity index (χ3v) is 2.15. The van der Waals surface area contributed by atoms with Crippen LogP contribution >= 0.6 is 0 Å². The molecule has 0 spiro atoms. The predicted octanol–water partition coefficient (Wildman–Crippen LogP) is 0.963. The van der Waals surface area contributed by atoms with Crippen LogP contribution in [0.2, 0.25) is 0 Å². The van der Waals surface area contributed by atoms with Crippen LogP contribution in [0.3, 0.4) is 0 Å². The van der Waals surface area contributed by atoms with Gasteiger partial charge in [-0.2, -0.15) is 0 Å². The zero-order valence-corrected chi connectivity index (χ0v) is 7.82. The van der Waals surface area contributed by atoms with E-state index in [0.29, 0.717) is 5.69 Å². The summed E-state index contributed by atoms with van der Waals surface area (Å²) in [5, 5.41) is 2.91. The maximum Gasteiger partial charge on any atom is 0.290 e. The van der Waals surface area contributed by atoms with Gasteiger partial charge in [-0.05, 0) is 0 Å². The molecule has 4 nitrogen and oxygen atoms in total. The molecule has 0 amide bonds. The summed E-state index contributed by atoms with van der Waals surface area (Å²) in [6, 6.07) is 9.53. The highest BCUT2D eigenvalue weighted by Gasteiger charge is 2.09. The van der Waals surface area contributed by atoms with Crippen molar-refractivity contribution in [2.75, 3.05) is 5.73 Å². The summed E-state index contributed by atoms with van der Waals surface area (Å²) >= 11 is 0. The van der Waals surface area contributed by atoms with E-state index >= 15 is 0 Å². The lowest BCUT2D eigenvalue weighted by Gasteiger charge is -1.97. The van der Waals surface area contributed by atoms with E-state index < -0.39 is 0 Å². The van der Waals surface area contributed by atoms with E-state index in [1.165, 1.54) is 4.68 Å². The SMILES string of the molecule is Cn1[nH]c(-c2ccccc2)c(N)c1=O. The fourth-order valence-corrected chi connectivity index (χ4v) is 1.39. The molecule has 72 valence electrons. The van der Waals surface area contributed by atoms with Crippen LogP contribution in [0.1, 0.15) is 0 Å². The number of anilines is 1. The number of nitrogen functional groups attached to an aromatic ring is 1. The lowest BCUT2D eigenvalue weighted by Crippen LogP contribution is -2.14. The van der Waals surface area contributed by atoms with Crippen molar-refractivity contribution < 1.29 is 0 Å². The van der Waals surface area contributed by atoms with E-state index in [4.69, 9.17) is 5.73 Å². The highest BCUT2D eigenvalue weighted by atomic mass is 16.1. The average Bonchev–Trinajstić information content (AvgIpc) is 2.47. The van der Waals surface area contributed by atoms with Crippen LogP contribution in [0.15, 0.2) is 35.1 Å². The van der Waals surface area contributed by atoms with Crippen LogP contribution < -0.4 is 11.3 Å². The van der Waals surface area contributed by atoms with Crippen molar-refractivity contribution in [2.24, 2.45) is 7.05 Å². The largest absolute Gasteiger partial charge is 0.392 e. The maximum atomic E-state index is 11.4. The van der Waals surface area contributed by atoms with Crippen LogP contribution in [-0.4, -0.2) is 9.78 Å². The molecule has 0 fully saturated rings. The number of hydrogen-bond acceptors (Lipinski definition) is 2. The number of nitrogens with zero attached hydrogens (tertiary/aromatic N) is 1. The molecule has 14 heavy (non-hydrogen) atoms. The summed E-state index contributed by atoms with van der Waals surface area (Å²) in [4.78, 5) is 11.4. The number of aryl methyl sites for hydroxylation is 1. The third-order valence-electron chi connectivity index (χ3n) is 2.15. The molecule has 1 aromatic carbocycles. The van der Waals surface area contributed by atoms with Gasteiger partial charge in [0.05, 0.1) is 5.69 Å². The summed E-state index contributed by atoms with van der Waals surface area (Å²) in [7, 11) is 1.64. The minimum absolute atomic E-state index is 0.191. The first-order valence-electron chi connectivity index (χ1n) is 4.30. The highest BCUT2D eigenvalue weighted by molar-refractivity contribution is 5.71. The Hall–Kier alpha value is -1.97. The second kappa shape index (κ2) is 3.06. The van der Waals surface area contributed by atoms with Gasteiger partial charge in [0, 0.05) is 12.6 Å². The summed E-state index contributed by atoms with van der Waals surface area (Å²) in [5.41, 5.74) is 7.34. The van der Waals surface area contributed by atoms with E-state index in [1.54, 1.807) is 7.05 Å². The van der Waals surface area contributed by atoms with Crippen molar-refractivity contribution in [1.29, 1.82) is 0 Å². The second-order valence-electron chi connectivity index (χ2n) is 3.13. The average molecular weight is 189 g/mol. The van der Waals surface area contributed by atoms with Crippen LogP contribution in [0.4, 0.5) is 5.69 Å². The van der Waals surface area contributed by atoms with Gasteiger partial charge in [0.2, 0.25) is 0 Å². The van der Waals surface area contributed by atoms with E-state index in [9.17, 15) is 4.79 Å². The van der Waals surface area contributed by atoms with E-state index in [1.807, 2.05) is 30.3 Å². The molecule has 0 radical (unpaired) electrons. The molecular formula is C10H11N3O. The molecule has 0 aliphatic rings. The summed E-state index contributed by atoms with van der Waals surface area (Å²) in [6.45, 7) is 0. The molecule has 0 bridgehead atoms. The Morgan fingerprint density at radius 2 is 1.93 bits per heavy atom. The van der Waals surface area contributed by atoms with Crippen molar-refractivity contribution in [3.63, 3.8) is 0 Å². The zero-order chi connectivity index (χ0) is 10.1. The Morgan fingerprint density at radius 1 is 1.29 bits per heavy atom. The van der Waals surface area contributed by atoms with Gasteiger partial charge in [0.15, 0.2) is 0 Å². The lowest BCUT2D eigenvalue weighted by molar-refractivity contribution is 0.743. The van der Waals surface area contributed by atoms with Crippen molar-refractivity contribution in [2.45, 2.75) is 0 Å². The summed E-state index contributed by atoms with van der Waals surface area (Å²) in [6.07, 6.45) is 0. The van der Waals surface area contributed by atoms with Crippen molar-refractivity contribution in [3.8, 4) is 11.3 Å². The van der Waals surface area contributed by atoms with Crippen molar-refractivity contribution >= 4 is 5.69 Å². The number of nitrogens with two attached hydrogens (primary N) is 1. The molecule has 3 N–H and O–H groups in total. The fourth-order valence-electron chi connectivity index (χ4n) is 1.39. The van der Waals surface area contributed by atoms with Crippen molar-refractivity contribution in [3.05, 3.63) is 40.7 Å². The lowest BCUT2D eigenvalue weighted by atomic mass is 10.1. The van der Waals surface area contributed by atoms with Crippen LogP contribution in [-0.2, 0) is 7.05 Å². The van der Waals surface area contributed by atoms with Crippen LogP contribution in [0.5, 0.6) is 0 Å². The highest BCUT2D eigenvalue weighted by Crippen LogP contribution is 2.19. The Kier molecular flexibility index (Phi) is 1.89. The minimum atomic E-state index is -0.191. The molecule has 0 saturated heterocycles. The number of aromatic amines is 1. The Labute approximate surface area is 81.0 Å². The second-order valence-corrected chi connectivity index (χ2v) is 3.13. The quantitative estimate of drug-likeness (QED) is 0.701. The van der Waals surface area contributed by atoms with Gasteiger partial charge in [0.25, 0.3) is 5.56 Å². The predicted molar refractivity (Wildman–Crippen MR) is 55.9 cm³/mol. The van der Waals surface area contributed by atoms with Gasteiger partial charge in [-0.15, -0.1) is 0 Å². The molecule has 2 rings (SSSR count). The van der Waals surface area contributed by atoms with E-state index in [-0.39, 0.29) is 11.2 Å². The number of benzene rings is 1. The Morgan fingerprint density at radius 3 is 2.43 bits per heavy atom. The number of nitrogens with one attached hydrogen (secondary N) is 1. The molecule has 0 aliphatic heterocycles. The third kappa shape index (κ3) is 1.21. The van der Waals surface area contributed by atoms with Crippen molar-refractivity contribution in [1.82, 2.24) is 9.78 Å². The molecule has 2 aromatic rings. The smallest absolute Gasteiger partial charge is 0.290 e. The molecule has 0 unspecified atom stereocenters. The van der Waals surface area contributed by atoms with Crippen LogP contribution in [0, 0.1) is 0 Å². The number of aromatic nitrogens is 2. The number of H-pyrrole nitrogens is 1. The van der Waals surface area contributed by atoms with E-state index in [0.717, 1.165) is 5.56 Å². The summed E-state index contributed by atoms with van der Waals surface area (Å²) < 4.78 is 1.37. The molecule has 4 heteroatoms. The van der Waals surface area contributed by atoms with Crippen LogP contribution in [0.25, 0.3) is 11.3 Å². The zero-order valence-electron chi connectivity index (χ0n) is 7.82. The number of hydrogen-bond donors (Lipinski definition) is 2. The first kappa shape index (κ1) is 8.62. The maximum absolute atomic E-state index is 11.4. The molecular weight excluding hydrogens is 178 g/mol. The first-order valence-corrected chi connectivity index (χ1v) is 4.30. The molecule has 1 aromatic heterocycles. The van der Waals surface area contributed by atoms with E-state index in [2.05, 4.69) is 5.10 Å². The van der Waals surface area contributed by atoms with Gasteiger partial charge in [-0.25, -0.2) is 0 Å². The van der Waals surface area contributed by atoms with Gasteiger partial charge >= 0.3 is 0 Å². The number of rotatable bonds is 1. The van der Waals surface area contributed by atoms with Gasteiger partial charge < -0.3 is 5.73 Å². The fraction of sp³-hybridized carbons (Fsp3) is 0.100. The normalized spacial score (nSPS) is 10.4.